The number of amides is 1. The molecule has 7 heteroatoms. The number of carbonyl (C=O) groups excluding carboxylic acids is 1. The summed E-state index contributed by atoms with van der Waals surface area (Å²) >= 11 is 6.69. The monoisotopic (exact) mass is 263 g/mol. The number of halogens is 2. The Kier molecular flexibility index (Phi) is 3.70. The van der Waals surface area contributed by atoms with Crippen LogP contribution in [0.5, 0.6) is 0 Å². The lowest BCUT2D eigenvalue weighted by atomic mass is 10.3. The number of rotatable bonds is 4. The van der Waals surface area contributed by atoms with Crippen LogP contribution in [0.25, 0.3) is 0 Å². The van der Waals surface area contributed by atoms with Crippen LogP contribution in [0.15, 0.2) is 11.4 Å². The molecule has 1 aliphatic rings. The van der Waals surface area contributed by atoms with E-state index in [0.717, 1.165) is 23.1 Å². The first-order valence-corrected chi connectivity index (χ1v) is 6.34. The largest absolute Gasteiger partial charge is 0.352 e. The van der Waals surface area contributed by atoms with E-state index in [1.54, 1.807) is 11.8 Å². The molecule has 0 aromatic carbocycles. The van der Waals surface area contributed by atoms with Gasteiger partial charge in [-0.05, 0) is 0 Å². The van der Waals surface area contributed by atoms with Crippen molar-refractivity contribution in [2.45, 2.75) is 23.8 Å². The molecular formula is C9H11ClFN3OS. The van der Waals surface area contributed by atoms with Crippen molar-refractivity contribution >= 4 is 29.3 Å². The smallest absolute Gasteiger partial charge is 0.270 e. The lowest BCUT2D eigenvalue weighted by Crippen LogP contribution is -2.30. The van der Waals surface area contributed by atoms with Gasteiger partial charge in [0.15, 0.2) is 5.16 Å². The van der Waals surface area contributed by atoms with Crippen LogP contribution in [0.1, 0.15) is 5.69 Å². The zero-order valence-electron chi connectivity index (χ0n) is 8.45. The lowest BCUT2D eigenvalue weighted by molar-refractivity contribution is -0.123. The fourth-order valence-corrected chi connectivity index (χ4v) is 2.51. The van der Waals surface area contributed by atoms with E-state index >= 15 is 0 Å². The highest BCUT2D eigenvalue weighted by Crippen LogP contribution is 2.24. The van der Waals surface area contributed by atoms with E-state index in [4.69, 9.17) is 11.6 Å². The Bertz CT molecular complexity index is 375. The van der Waals surface area contributed by atoms with Gasteiger partial charge in [0, 0.05) is 31.5 Å². The van der Waals surface area contributed by atoms with E-state index in [-0.39, 0.29) is 0 Å². The molecule has 1 aromatic heterocycles. The zero-order chi connectivity index (χ0) is 11.5. The fourth-order valence-electron chi connectivity index (χ4n) is 1.47. The van der Waals surface area contributed by atoms with Crippen molar-refractivity contribution in [3.63, 3.8) is 0 Å². The maximum Gasteiger partial charge on any atom is 0.270 e. The van der Waals surface area contributed by atoms with Gasteiger partial charge in [-0.25, -0.2) is 9.37 Å². The van der Waals surface area contributed by atoms with E-state index in [0.29, 0.717) is 13.0 Å². The maximum absolute atomic E-state index is 12.3. The Morgan fingerprint density at radius 3 is 3.31 bits per heavy atom. The maximum atomic E-state index is 12.3. The minimum absolute atomic E-state index is 0.354. The summed E-state index contributed by atoms with van der Waals surface area (Å²) < 4.78 is 14.4. The molecule has 0 radical (unpaired) electrons. The molecule has 4 nitrogen and oxygen atoms in total. The van der Waals surface area contributed by atoms with Gasteiger partial charge in [-0.15, -0.1) is 0 Å². The predicted octanol–water partition coefficient (Wildman–Crippen LogP) is 1.18. The second-order valence-corrected chi connectivity index (χ2v) is 4.84. The molecule has 0 aliphatic carbocycles. The van der Waals surface area contributed by atoms with Crippen molar-refractivity contribution in [1.82, 2.24) is 14.9 Å². The van der Waals surface area contributed by atoms with Crippen LogP contribution in [0, 0.1) is 0 Å². The third-order valence-electron chi connectivity index (χ3n) is 2.23. The van der Waals surface area contributed by atoms with Crippen molar-refractivity contribution in [2.24, 2.45) is 0 Å². The molecule has 2 heterocycles. The molecule has 1 N–H and O–H groups in total. The number of hydrogen-bond donors (Lipinski definition) is 1. The Morgan fingerprint density at radius 1 is 1.81 bits per heavy atom. The number of fused-ring (bicyclic) bond motifs is 1. The average molecular weight is 264 g/mol. The molecule has 1 aromatic rings. The molecule has 16 heavy (non-hydrogen) atoms. The molecule has 0 fully saturated rings. The number of alkyl halides is 2. The number of nitrogens with zero attached hydrogens (tertiary/aromatic N) is 2. The van der Waals surface area contributed by atoms with Crippen molar-refractivity contribution in [3.05, 3.63) is 11.9 Å². The van der Waals surface area contributed by atoms with Gasteiger partial charge in [0.05, 0.1) is 5.69 Å². The molecule has 1 atom stereocenters. The molecule has 1 amide bonds. The normalized spacial score (nSPS) is 15.9. The van der Waals surface area contributed by atoms with Gasteiger partial charge in [0.2, 0.25) is 0 Å². The number of hydrogen-bond acceptors (Lipinski definition) is 3. The summed E-state index contributed by atoms with van der Waals surface area (Å²) in [6.45, 7) is 1.33. The zero-order valence-corrected chi connectivity index (χ0v) is 10.0. The Morgan fingerprint density at radius 2 is 2.62 bits per heavy atom. The Balaban J connectivity index is 1.79. The summed E-state index contributed by atoms with van der Waals surface area (Å²) in [5.74, 6) is 0.276. The predicted molar refractivity (Wildman–Crippen MR) is 60.4 cm³/mol. The summed E-state index contributed by atoms with van der Waals surface area (Å²) in [6, 6.07) is 0. The quantitative estimate of drug-likeness (QED) is 0.830. The third kappa shape index (κ3) is 2.68. The van der Waals surface area contributed by atoms with E-state index in [2.05, 4.69) is 14.9 Å². The topological polar surface area (TPSA) is 46.9 Å². The van der Waals surface area contributed by atoms with Gasteiger partial charge in [0.25, 0.3) is 11.5 Å². The minimum Gasteiger partial charge on any atom is -0.352 e. The Hall–Kier alpha value is -0.750. The van der Waals surface area contributed by atoms with Crippen molar-refractivity contribution in [3.8, 4) is 0 Å². The summed E-state index contributed by atoms with van der Waals surface area (Å²) in [5.41, 5.74) is -1.06. The highest BCUT2D eigenvalue weighted by molar-refractivity contribution is 7.99. The fraction of sp³-hybridized carbons (Fsp3) is 0.556. The molecule has 0 bridgehead atoms. The first-order valence-electron chi connectivity index (χ1n) is 4.91. The summed E-state index contributed by atoms with van der Waals surface area (Å²) in [5, 5.41) is 3.41. The van der Waals surface area contributed by atoms with Crippen molar-refractivity contribution in [1.29, 1.82) is 0 Å². The SMILES string of the molecule is O=C(NCCc1cn2c(n1)SCC2)C(F)Cl. The van der Waals surface area contributed by atoms with Crippen molar-refractivity contribution < 1.29 is 9.18 Å². The van der Waals surface area contributed by atoms with Crippen molar-refractivity contribution in [2.75, 3.05) is 12.3 Å². The summed E-state index contributed by atoms with van der Waals surface area (Å²) in [6.07, 6.45) is 2.56. The molecular weight excluding hydrogens is 253 g/mol. The standard InChI is InChI=1S/C9H11ClFN3OS/c10-7(11)8(15)12-2-1-6-5-14-3-4-16-9(14)13-6/h5,7H,1-4H2,(H,12,15). The minimum atomic E-state index is -1.97. The van der Waals surface area contributed by atoms with Gasteiger partial charge < -0.3 is 9.88 Å². The second kappa shape index (κ2) is 5.05. The summed E-state index contributed by atoms with van der Waals surface area (Å²) in [7, 11) is 0. The second-order valence-electron chi connectivity index (χ2n) is 3.40. The van der Waals surface area contributed by atoms with Gasteiger partial charge in [-0.3, -0.25) is 4.79 Å². The number of aryl methyl sites for hydroxylation is 1. The number of imidazole rings is 1. The number of nitrogens with one attached hydrogen (secondary N) is 1. The van der Waals surface area contributed by atoms with Gasteiger partial charge in [-0.1, -0.05) is 23.4 Å². The molecule has 0 spiro atoms. The number of carbonyl (C=O) groups is 1. The summed E-state index contributed by atoms with van der Waals surface area (Å²) in [4.78, 5) is 15.2. The van der Waals surface area contributed by atoms with Crippen LogP contribution in [-0.2, 0) is 17.8 Å². The highest BCUT2D eigenvalue weighted by atomic mass is 35.5. The molecule has 1 unspecified atom stereocenters. The molecule has 2 rings (SSSR count). The highest BCUT2D eigenvalue weighted by Gasteiger charge is 2.15. The van der Waals surface area contributed by atoms with Crippen LogP contribution in [0.3, 0.4) is 0 Å². The van der Waals surface area contributed by atoms with Gasteiger partial charge in [-0.2, -0.15) is 0 Å². The first-order chi connectivity index (χ1) is 7.66. The number of aromatic nitrogens is 2. The van der Waals surface area contributed by atoms with E-state index in [1.807, 2.05) is 6.20 Å². The van der Waals surface area contributed by atoms with E-state index < -0.39 is 11.5 Å². The van der Waals surface area contributed by atoms with Crippen LogP contribution < -0.4 is 5.32 Å². The van der Waals surface area contributed by atoms with Crippen LogP contribution in [0.4, 0.5) is 4.39 Å². The van der Waals surface area contributed by atoms with E-state index in [9.17, 15) is 9.18 Å². The Labute approximate surface area is 102 Å². The average Bonchev–Trinajstić information content (AvgIpc) is 2.77. The van der Waals surface area contributed by atoms with Crippen LogP contribution in [0.2, 0.25) is 0 Å². The van der Waals surface area contributed by atoms with Crippen LogP contribution >= 0.6 is 23.4 Å². The lowest BCUT2D eigenvalue weighted by Gasteiger charge is -2.02. The van der Waals surface area contributed by atoms with E-state index in [1.165, 1.54) is 0 Å². The third-order valence-corrected chi connectivity index (χ3v) is 3.40. The van der Waals surface area contributed by atoms with Crippen LogP contribution in [-0.4, -0.2) is 33.4 Å². The molecule has 0 saturated carbocycles. The molecule has 1 aliphatic heterocycles. The molecule has 0 saturated heterocycles. The van der Waals surface area contributed by atoms with Gasteiger partial charge >= 0.3 is 0 Å². The van der Waals surface area contributed by atoms with Gasteiger partial charge in [0.1, 0.15) is 0 Å². The molecule has 88 valence electrons. The first kappa shape index (κ1) is 11.7. The number of thioether (sulfide) groups is 1.